The van der Waals surface area contributed by atoms with Crippen LogP contribution in [-0.2, 0) is 6.42 Å². The van der Waals surface area contributed by atoms with E-state index in [-0.39, 0.29) is 29.8 Å². The minimum atomic E-state index is -0.219. The molecule has 2 rings (SSSR count). The quantitative estimate of drug-likeness (QED) is 0.185. The molecule has 2 aromatic rings. The minimum absolute atomic E-state index is 0. The maximum absolute atomic E-state index is 13.2. The molecule has 0 aliphatic heterocycles. The molecule has 7 heteroatoms. The summed E-state index contributed by atoms with van der Waals surface area (Å²) in [6.07, 6.45) is 4.69. The van der Waals surface area contributed by atoms with Gasteiger partial charge in [0.1, 0.15) is 5.82 Å². The number of aromatic nitrogens is 1. The lowest BCUT2D eigenvalue weighted by Crippen LogP contribution is -2.39. The lowest BCUT2D eigenvalue weighted by Gasteiger charge is -2.11. The second kappa shape index (κ2) is 11.4. The van der Waals surface area contributed by atoms with Crippen molar-refractivity contribution in [3.05, 3.63) is 48.4 Å². The Balaban J connectivity index is 0.00000288. The zero-order valence-corrected chi connectivity index (χ0v) is 16.9. The topological polar surface area (TPSA) is 52.2 Å². The van der Waals surface area contributed by atoms with Gasteiger partial charge in [-0.05, 0) is 30.2 Å². The van der Waals surface area contributed by atoms with Crippen LogP contribution in [0.5, 0.6) is 0 Å². The highest BCUT2D eigenvalue weighted by molar-refractivity contribution is 14.0. The number of hydrogen-bond acceptors (Lipinski definition) is 2. The van der Waals surface area contributed by atoms with E-state index >= 15 is 0 Å². The molecule has 1 aromatic carbocycles. The number of benzene rings is 1. The molecule has 0 radical (unpaired) electrons. The fraction of sp³-hybridized carbons (Fsp3) is 0.353. The normalized spacial score (nSPS) is 11.2. The van der Waals surface area contributed by atoms with E-state index in [1.165, 1.54) is 17.7 Å². The summed E-state index contributed by atoms with van der Waals surface area (Å²) in [5, 5.41) is 7.64. The molecule has 0 spiro atoms. The van der Waals surface area contributed by atoms with Gasteiger partial charge < -0.3 is 15.6 Å². The third kappa shape index (κ3) is 6.35. The number of aromatic amines is 1. The molecule has 132 valence electrons. The fourth-order valence-electron chi connectivity index (χ4n) is 2.31. The van der Waals surface area contributed by atoms with E-state index in [0.29, 0.717) is 0 Å². The summed E-state index contributed by atoms with van der Waals surface area (Å²) in [6, 6.07) is 4.84. The van der Waals surface area contributed by atoms with Crippen LogP contribution in [0.25, 0.3) is 10.9 Å². The highest BCUT2D eigenvalue weighted by Gasteiger charge is 2.05. The average molecular weight is 462 g/mol. The number of thioether (sulfide) groups is 1. The molecule has 1 heterocycles. The summed E-state index contributed by atoms with van der Waals surface area (Å²) in [7, 11) is 1.76. The highest BCUT2D eigenvalue weighted by Crippen LogP contribution is 2.19. The molecule has 4 nitrogen and oxygen atoms in total. The van der Waals surface area contributed by atoms with Crippen molar-refractivity contribution in [2.75, 3.05) is 31.6 Å². The Morgan fingerprint density at radius 3 is 2.92 bits per heavy atom. The van der Waals surface area contributed by atoms with E-state index in [1.54, 1.807) is 7.05 Å². The summed E-state index contributed by atoms with van der Waals surface area (Å²) in [6.45, 7) is 5.33. The fourth-order valence-corrected chi connectivity index (χ4v) is 2.89. The zero-order valence-electron chi connectivity index (χ0n) is 13.8. The van der Waals surface area contributed by atoms with Crippen LogP contribution >= 0.6 is 35.7 Å². The minimum Gasteiger partial charge on any atom is -0.361 e. The molecule has 0 saturated carbocycles. The smallest absolute Gasteiger partial charge is 0.191 e. The van der Waals surface area contributed by atoms with Crippen molar-refractivity contribution in [1.29, 1.82) is 0 Å². The predicted molar refractivity (Wildman–Crippen MR) is 114 cm³/mol. The van der Waals surface area contributed by atoms with Gasteiger partial charge in [0.15, 0.2) is 5.96 Å². The summed E-state index contributed by atoms with van der Waals surface area (Å²) < 4.78 is 13.2. The van der Waals surface area contributed by atoms with Gasteiger partial charge in [0.2, 0.25) is 0 Å². The molecule has 0 fully saturated rings. The first-order valence-electron chi connectivity index (χ1n) is 7.63. The molecule has 0 atom stereocenters. The van der Waals surface area contributed by atoms with Crippen molar-refractivity contribution in [1.82, 2.24) is 15.6 Å². The van der Waals surface area contributed by atoms with E-state index < -0.39 is 0 Å². The first-order valence-corrected chi connectivity index (χ1v) is 8.78. The number of fused-ring (bicyclic) bond motifs is 1. The Hall–Kier alpha value is -1.22. The zero-order chi connectivity index (χ0) is 16.5. The molecule has 0 aliphatic rings. The Bertz CT molecular complexity index is 672. The van der Waals surface area contributed by atoms with Crippen molar-refractivity contribution >= 4 is 52.6 Å². The molecule has 0 amide bonds. The third-order valence-electron chi connectivity index (χ3n) is 3.41. The lowest BCUT2D eigenvalue weighted by molar-refractivity contribution is 0.629. The van der Waals surface area contributed by atoms with Crippen LogP contribution in [0.4, 0.5) is 4.39 Å². The van der Waals surface area contributed by atoms with E-state index in [1.807, 2.05) is 30.1 Å². The summed E-state index contributed by atoms with van der Waals surface area (Å²) in [4.78, 5) is 7.32. The highest BCUT2D eigenvalue weighted by atomic mass is 127. The number of halogens is 2. The molecular weight excluding hydrogens is 438 g/mol. The Morgan fingerprint density at radius 1 is 1.38 bits per heavy atom. The van der Waals surface area contributed by atoms with Crippen LogP contribution in [0.3, 0.4) is 0 Å². The first kappa shape index (κ1) is 20.8. The van der Waals surface area contributed by atoms with Crippen LogP contribution in [0.1, 0.15) is 5.56 Å². The van der Waals surface area contributed by atoms with Crippen molar-refractivity contribution in [2.24, 2.45) is 4.99 Å². The summed E-state index contributed by atoms with van der Waals surface area (Å²) in [5.41, 5.74) is 2.01. The second-order valence-corrected chi connectivity index (χ2v) is 6.19. The third-order valence-corrected chi connectivity index (χ3v) is 4.38. The van der Waals surface area contributed by atoms with Gasteiger partial charge in [0, 0.05) is 48.7 Å². The predicted octanol–water partition coefficient (Wildman–Crippen LogP) is 3.55. The Labute approximate surface area is 163 Å². The molecule has 0 saturated heterocycles. The molecule has 3 N–H and O–H groups in total. The van der Waals surface area contributed by atoms with Crippen molar-refractivity contribution in [2.45, 2.75) is 6.42 Å². The Morgan fingerprint density at radius 2 is 2.17 bits per heavy atom. The molecule has 24 heavy (non-hydrogen) atoms. The molecule has 0 bridgehead atoms. The number of H-pyrrole nitrogens is 1. The van der Waals surface area contributed by atoms with Crippen LogP contribution in [0.15, 0.2) is 42.0 Å². The summed E-state index contributed by atoms with van der Waals surface area (Å²) >= 11 is 1.83. The number of hydrogen-bond donors (Lipinski definition) is 3. The van der Waals surface area contributed by atoms with Crippen LogP contribution in [-0.4, -0.2) is 42.6 Å². The second-order valence-electron chi connectivity index (χ2n) is 5.04. The van der Waals surface area contributed by atoms with Crippen molar-refractivity contribution in [3.63, 3.8) is 0 Å². The maximum Gasteiger partial charge on any atom is 0.191 e. The number of guanidine groups is 1. The van der Waals surface area contributed by atoms with Gasteiger partial charge in [-0.1, -0.05) is 6.08 Å². The van der Waals surface area contributed by atoms with E-state index in [9.17, 15) is 4.39 Å². The van der Waals surface area contributed by atoms with Crippen molar-refractivity contribution in [3.8, 4) is 0 Å². The monoisotopic (exact) mass is 462 g/mol. The van der Waals surface area contributed by atoms with Gasteiger partial charge in [-0.15, -0.1) is 30.6 Å². The van der Waals surface area contributed by atoms with Gasteiger partial charge in [-0.25, -0.2) is 4.39 Å². The van der Waals surface area contributed by atoms with E-state index in [0.717, 1.165) is 47.9 Å². The maximum atomic E-state index is 13.2. The van der Waals surface area contributed by atoms with Gasteiger partial charge in [0.05, 0.1) is 0 Å². The van der Waals surface area contributed by atoms with Crippen molar-refractivity contribution < 1.29 is 4.39 Å². The Kier molecular flexibility index (Phi) is 9.85. The largest absolute Gasteiger partial charge is 0.361 e. The van der Waals surface area contributed by atoms with Crippen LogP contribution in [0.2, 0.25) is 0 Å². The number of rotatable bonds is 8. The average Bonchev–Trinajstić information content (AvgIpc) is 2.95. The molecule has 1 aromatic heterocycles. The van der Waals surface area contributed by atoms with Gasteiger partial charge in [0.25, 0.3) is 0 Å². The van der Waals surface area contributed by atoms with Gasteiger partial charge >= 0.3 is 0 Å². The number of nitrogens with one attached hydrogen (secondary N) is 3. The SMILES string of the molecule is C=CCSCCNC(=NC)NCCc1c[nH]c2cc(F)ccc12.I. The van der Waals surface area contributed by atoms with E-state index in [2.05, 4.69) is 27.2 Å². The van der Waals surface area contributed by atoms with Crippen LogP contribution < -0.4 is 10.6 Å². The number of nitrogens with zero attached hydrogens (tertiary/aromatic N) is 1. The standard InChI is InChI=1S/C17H23FN4S.HI/c1-3-9-23-10-8-21-17(19-2)20-7-6-13-12-22-16-11-14(18)4-5-15(13)16;/h3-5,11-12,22H,1,6-10H2,2H3,(H2,19,20,21);1H. The van der Waals surface area contributed by atoms with E-state index in [4.69, 9.17) is 0 Å². The molecular formula is C17H24FIN4S. The van der Waals surface area contributed by atoms with Gasteiger partial charge in [-0.3, -0.25) is 4.99 Å². The first-order chi connectivity index (χ1) is 11.2. The van der Waals surface area contributed by atoms with Gasteiger partial charge in [-0.2, -0.15) is 11.8 Å². The number of aliphatic imine (C=N–C) groups is 1. The van der Waals surface area contributed by atoms with Crippen LogP contribution in [0, 0.1) is 5.82 Å². The molecule has 0 unspecified atom stereocenters. The summed E-state index contributed by atoms with van der Waals surface area (Å²) in [5.74, 6) is 2.56. The lowest BCUT2D eigenvalue weighted by atomic mass is 10.1. The molecule has 0 aliphatic carbocycles.